The minimum Gasteiger partial charge on any atom is -0.493 e. The van der Waals surface area contributed by atoms with E-state index in [0.717, 1.165) is 13.1 Å². The van der Waals surface area contributed by atoms with Crippen molar-refractivity contribution in [1.82, 2.24) is 4.90 Å². The van der Waals surface area contributed by atoms with Gasteiger partial charge in [0.15, 0.2) is 17.3 Å². The van der Waals surface area contributed by atoms with Crippen molar-refractivity contribution < 1.29 is 33.0 Å². The highest BCUT2D eigenvalue weighted by atomic mass is 16.5. The zero-order valence-corrected chi connectivity index (χ0v) is 16.6. The monoisotopic (exact) mass is 391 g/mol. The van der Waals surface area contributed by atoms with Crippen LogP contribution in [0.15, 0.2) is 10.5 Å². The largest absolute Gasteiger partial charge is 0.493 e. The molecule has 0 spiro atoms. The second-order valence-electron chi connectivity index (χ2n) is 6.57. The maximum atomic E-state index is 12.4. The molecule has 8 heteroatoms. The second kappa shape index (κ2) is 8.62. The van der Waals surface area contributed by atoms with E-state index in [0.29, 0.717) is 54.4 Å². The van der Waals surface area contributed by atoms with Crippen LogP contribution in [0.3, 0.4) is 0 Å². The van der Waals surface area contributed by atoms with Gasteiger partial charge in [-0.2, -0.15) is 0 Å². The Hall–Kier alpha value is -2.58. The second-order valence-corrected chi connectivity index (χ2v) is 6.57. The number of furan rings is 1. The van der Waals surface area contributed by atoms with E-state index in [1.54, 1.807) is 13.0 Å². The average molecular weight is 391 g/mol. The van der Waals surface area contributed by atoms with Crippen LogP contribution in [0.4, 0.5) is 0 Å². The van der Waals surface area contributed by atoms with Crippen molar-refractivity contribution in [2.24, 2.45) is 0 Å². The van der Waals surface area contributed by atoms with Gasteiger partial charge in [-0.1, -0.05) is 0 Å². The molecule has 0 N–H and O–H groups in total. The number of methoxy groups -OCH3 is 2. The van der Waals surface area contributed by atoms with Crippen LogP contribution in [-0.4, -0.2) is 70.3 Å². The van der Waals surface area contributed by atoms with Gasteiger partial charge >= 0.3 is 5.97 Å². The fraction of sp³-hybridized carbons (Fsp3) is 0.500. The summed E-state index contributed by atoms with van der Waals surface area (Å²) in [6.45, 7) is 7.35. The number of ether oxygens (including phenoxy) is 4. The van der Waals surface area contributed by atoms with Gasteiger partial charge in [-0.25, -0.2) is 4.79 Å². The lowest BCUT2D eigenvalue weighted by Crippen LogP contribution is -2.38. The predicted octanol–water partition coefficient (Wildman–Crippen LogP) is 2.45. The molecule has 1 aromatic carbocycles. The molecular formula is C20H25NO7. The molecule has 8 nitrogen and oxygen atoms in total. The lowest BCUT2D eigenvalue weighted by Gasteiger charge is -2.26. The number of esters is 1. The Morgan fingerprint density at radius 2 is 1.93 bits per heavy atom. The van der Waals surface area contributed by atoms with E-state index in [9.17, 15) is 9.59 Å². The molecule has 1 aromatic heterocycles. The summed E-state index contributed by atoms with van der Waals surface area (Å²) in [5.41, 5.74) is 1.14. The van der Waals surface area contributed by atoms with Gasteiger partial charge < -0.3 is 23.4 Å². The maximum absolute atomic E-state index is 12.4. The summed E-state index contributed by atoms with van der Waals surface area (Å²) in [7, 11) is 2.79. The first-order valence-electron chi connectivity index (χ1n) is 9.14. The van der Waals surface area contributed by atoms with Crippen molar-refractivity contribution in [3.8, 4) is 11.5 Å². The van der Waals surface area contributed by atoms with Crippen molar-refractivity contribution in [2.75, 3.05) is 53.7 Å². The molecule has 0 unspecified atom stereocenters. The van der Waals surface area contributed by atoms with Crippen molar-refractivity contribution >= 4 is 22.7 Å². The molecule has 0 aliphatic carbocycles. The zero-order valence-electron chi connectivity index (χ0n) is 16.6. The zero-order chi connectivity index (χ0) is 20.3. The molecule has 0 amide bonds. The Morgan fingerprint density at radius 1 is 1.21 bits per heavy atom. The van der Waals surface area contributed by atoms with Gasteiger partial charge in [-0.15, -0.1) is 0 Å². The Morgan fingerprint density at radius 3 is 2.54 bits per heavy atom. The van der Waals surface area contributed by atoms with E-state index in [1.807, 2.05) is 0 Å². The summed E-state index contributed by atoms with van der Waals surface area (Å²) in [4.78, 5) is 26.7. The molecule has 1 aliphatic rings. The Balaban J connectivity index is 1.98. The van der Waals surface area contributed by atoms with Crippen molar-refractivity contribution in [3.05, 3.63) is 23.0 Å². The standard InChI is InChI=1S/C20H25NO7/c1-12-14-11-15(24-3)19(27-10-7-21-5-8-26-9-6-21)16(13(2)22)18(14)28-17(12)20(23)25-4/h11H,5-10H2,1-4H3. The third-order valence-corrected chi connectivity index (χ3v) is 4.85. The Bertz CT molecular complexity index is 881. The number of ketones is 1. The molecule has 152 valence electrons. The average Bonchev–Trinajstić information content (AvgIpc) is 3.03. The molecule has 1 fully saturated rings. The Kier molecular flexibility index (Phi) is 6.21. The molecule has 0 radical (unpaired) electrons. The smallest absolute Gasteiger partial charge is 0.374 e. The molecule has 1 aliphatic heterocycles. The number of hydrogen-bond acceptors (Lipinski definition) is 8. The molecule has 0 saturated carbocycles. The fourth-order valence-electron chi connectivity index (χ4n) is 3.31. The molecule has 0 atom stereocenters. The van der Waals surface area contributed by atoms with Crippen LogP contribution in [0.1, 0.15) is 33.4 Å². The van der Waals surface area contributed by atoms with Crippen molar-refractivity contribution in [2.45, 2.75) is 13.8 Å². The first-order chi connectivity index (χ1) is 13.5. The molecule has 3 rings (SSSR count). The normalized spacial score (nSPS) is 14.9. The lowest BCUT2D eigenvalue weighted by molar-refractivity contribution is 0.0320. The highest BCUT2D eigenvalue weighted by Crippen LogP contribution is 2.41. The van der Waals surface area contributed by atoms with Crippen LogP contribution < -0.4 is 9.47 Å². The number of hydrogen-bond donors (Lipinski definition) is 0. The van der Waals surface area contributed by atoms with Gasteiger partial charge in [0.2, 0.25) is 5.76 Å². The molecule has 2 aromatic rings. The number of Topliss-reactive ketones (excluding diaryl/α,β-unsaturated/α-hetero) is 1. The number of fused-ring (bicyclic) bond motifs is 1. The summed E-state index contributed by atoms with van der Waals surface area (Å²) in [6.07, 6.45) is 0. The number of carbonyl (C=O) groups is 2. The van der Waals surface area contributed by atoms with Crippen LogP contribution in [0.2, 0.25) is 0 Å². The molecule has 0 bridgehead atoms. The van der Waals surface area contributed by atoms with Crippen LogP contribution in [-0.2, 0) is 9.47 Å². The van der Waals surface area contributed by atoms with Crippen LogP contribution in [0.5, 0.6) is 11.5 Å². The molecular weight excluding hydrogens is 366 g/mol. The summed E-state index contributed by atoms with van der Waals surface area (Å²) < 4.78 is 27.3. The minimum absolute atomic E-state index is 0.0625. The summed E-state index contributed by atoms with van der Waals surface area (Å²) in [6, 6.07) is 1.72. The number of nitrogens with zero attached hydrogens (tertiary/aromatic N) is 1. The van der Waals surface area contributed by atoms with Gasteiger partial charge in [0.1, 0.15) is 17.8 Å². The van der Waals surface area contributed by atoms with Gasteiger partial charge in [0.05, 0.1) is 27.4 Å². The molecule has 2 heterocycles. The summed E-state index contributed by atoms with van der Waals surface area (Å²) in [5.74, 6) is -0.0409. The quantitative estimate of drug-likeness (QED) is 0.525. The van der Waals surface area contributed by atoms with Gasteiger partial charge in [-0.3, -0.25) is 9.69 Å². The number of carbonyl (C=O) groups excluding carboxylic acids is 2. The highest BCUT2D eigenvalue weighted by molar-refractivity contribution is 6.10. The van der Waals surface area contributed by atoms with Crippen molar-refractivity contribution in [3.63, 3.8) is 0 Å². The van der Waals surface area contributed by atoms with E-state index in [4.69, 9.17) is 23.4 Å². The first kappa shape index (κ1) is 20.2. The number of rotatable bonds is 7. The third-order valence-electron chi connectivity index (χ3n) is 4.85. The predicted molar refractivity (Wildman–Crippen MR) is 102 cm³/mol. The van der Waals surface area contributed by atoms with Gasteiger partial charge in [0.25, 0.3) is 0 Å². The van der Waals surface area contributed by atoms with Crippen LogP contribution in [0, 0.1) is 6.92 Å². The molecule has 28 heavy (non-hydrogen) atoms. The van der Waals surface area contributed by atoms with Crippen molar-refractivity contribution in [1.29, 1.82) is 0 Å². The van der Waals surface area contributed by atoms with Gasteiger partial charge in [-0.05, 0) is 19.9 Å². The van der Waals surface area contributed by atoms with E-state index in [-0.39, 0.29) is 17.1 Å². The third kappa shape index (κ3) is 3.83. The highest BCUT2D eigenvalue weighted by Gasteiger charge is 2.27. The maximum Gasteiger partial charge on any atom is 0.374 e. The van der Waals surface area contributed by atoms with Gasteiger partial charge in [0, 0.05) is 30.6 Å². The van der Waals surface area contributed by atoms with Crippen LogP contribution in [0.25, 0.3) is 11.0 Å². The first-order valence-corrected chi connectivity index (χ1v) is 9.14. The minimum atomic E-state index is -0.600. The summed E-state index contributed by atoms with van der Waals surface area (Å²) >= 11 is 0. The SMILES string of the molecule is COC(=O)c1oc2c(C(C)=O)c(OCCN3CCOCC3)c(OC)cc2c1C. The number of morpholine rings is 1. The topological polar surface area (TPSA) is 87.4 Å². The van der Waals surface area contributed by atoms with E-state index < -0.39 is 5.97 Å². The Labute approximate surface area is 163 Å². The fourth-order valence-corrected chi connectivity index (χ4v) is 3.31. The van der Waals surface area contributed by atoms with Crippen LogP contribution >= 0.6 is 0 Å². The molecule has 1 saturated heterocycles. The van der Waals surface area contributed by atoms with E-state index in [2.05, 4.69) is 4.90 Å². The van der Waals surface area contributed by atoms with E-state index in [1.165, 1.54) is 21.1 Å². The number of aryl methyl sites for hydroxylation is 1. The summed E-state index contributed by atoms with van der Waals surface area (Å²) in [5, 5.41) is 0.614. The lowest BCUT2D eigenvalue weighted by atomic mass is 10.0. The van der Waals surface area contributed by atoms with E-state index >= 15 is 0 Å². The number of benzene rings is 1.